The van der Waals surface area contributed by atoms with Crippen molar-refractivity contribution in [3.05, 3.63) is 28.7 Å². The Morgan fingerprint density at radius 1 is 1.19 bits per heavy atom. The Hall–Kier alpha value is -1.99. The number of benzene rings is 1. The van der Waals surface area contributed by atoms with E-state index in [1.807, 2.05) is 25.1 Å². The number of methoxy groups -OCH3 is 1. The molecule has 0 radical (unpaired) electrons. The summed E-state index contributed by atoms with van der Waals surface area (Å²) in [5, 5.41) is -0.183. The summed E-state index contributed by atoms with van der Waals surface area (Å²) in [5.74, 6) is 1.07. The van der Waals surface area contributed by atoms with Crippen LogP contribution in [0, 0.1) is 0 Å². The number of piperidine rings is 1. The third-order valence-corrected chi connectivity index (χ3v) is 5.51. The van der Waals surface area contributed by atoms with Gasteiger partial charge in [-0.2, -0.15) is 0 Å². The zero-order chi connectivity index (χ0) is 18.5. The molecule has 0 bridgehead atoms. The third kappa shape index (κ3) is 4.22. The fourth-order valence-corrected chi connectivity index (χ4v) is 4.11. The number of nitrogens with zero attached hydrogens (tertiary/aromatic N) is 1. The number of likely N-dealkylation sites (tertiary alicyclic amines) is 1. The standard InChI is InChI=1S/C19H24N2O4S/c1-3-25-15-8-7-14(11-16(15)24-2)12-17-18(22)21(19(23)26-17)13-20-9-5-4-6-10-20/h7-8,11-12H,3-6,9-10,13H2,1-2H3/p+1/b17-12-. The minimum absolute atomic E-state index is 0.183. The van der Waals surface area contributed by atoms with Gasteiger partial charge in [-0.05, 0) is 61.7 Å². The average molecular weight is 377 g/mol. The molecule has 2 saturated heterocycles. The molecule has 140 valence electrons. The summed E-state index contributed by atoms with van der Waals surface area (Å²) >= 11 is 1.01. The molecule has 0 unspecified atom stereocenters. The summed E-state index contributed by atoms with van der Waals surface area (Å²) in [5.41, 5.74) is 0.807. The minimum Gasteiger partial charge on any atom is -0.493 e. The lowest BCUT2D eigenvalue weighted by molar-refractivity contribution is -0.912. The second-order valence-corrected chi connectivity index (χ2v) is 7.42. The van der Waals surface area contributed by atoms with Crippen LogP contribution in [0.5, 0.6) is 11.5 Å². The lowest BCUT2D eigenvalue weighted by Crippen LogP contribution is -3.14. The van der Waals surface area contributed by atoms with Crippen LogP contribution >= 0.6 is 11.8 Å². The van der Waals surface area contributed by atoms with Crippen molar-refractivity contribution < 1.29 is 24.0 Å². The zero-order valence-corrected chi connectivity index (χ0v) is 16.1. The highest BCUT2D eigenvalue weighted by atomic mass is 32.2. The molecule has 3 rings (SSSR count). The van der Waals surface area contributed by atoms with Crippen LogP contribution in [0.2, 0.25) is 0 Å². The Kier molecular flexibility index (Phi) is 6.21. The quantitative estimate of drug-likeness (QED) is 0.770. The van der Waals surface area contributed by atoms with Gasteiger partial charge in [0.25, 0.3) is 11.1 Å². The topological polar surface area (TPSA) is 60.3 Å². The molecular formula is C19H25N2O4S+. The van der Waals surface area contributed by atoms with Crippen molar-refractivity contribution >= 4 is 29.0 Å². The molecule has 26 heavy (non-hydrogen) atoms. The lowest BCUT2D eigenvalue weighted by atomic mass is 10.1. The molecule has 6 nitrogen and oxygen atoms in total. The van der Waals surface area contributed by atoms with Gasteiger partial charge < -0.3 is 14.4 Å². The summed E-state index contributed by atoms with van der Waals surface area (Å²) in [4.78, 5) is 28.1. The van der Waals surface area contributed by atoms with Gasteiger partial charge in [0.1, 0.15) is 0 Å². The number of ether oxygens (including phenoxy) is 2. The first kappa shape index (κ1) is 18.8. The molecule has 0 atom stereocenters. The van der Waals surface area contributed by atoms with Crippen LogP contribution in [0.15, 0.2) is 23.1 Å². The largest absolute Gasteiger partial charge is 0.493 e. The first-order valence-electron chi connectivity index (χ1n) is 9.02. The van der Waals surface area contributed by atoms with E-state index < -0.39 is 0 Å². The normalized spacial score (nSPS) is 20.1. The minimum atomic E-state index is -0.203. The Bertz CT molecular complexity index is 713. The van der Waals surface area contributed by atoms with E-state index in [1.165, 1.54) is 16.2 Å². The van der Waals surface area contributed by atoms with Crippen molar-refractivity contribution in [1.82, 2.24) is 4.90 Å². The first-order chi connectivity index (χ1) is 12.6. The number of carbonyl (C=O) groups excluding carboxylic acids is 2. The predicted octanol–water partition coefficient (Wildman–Crippen LogP) is 2.16. The molecule has 0 saturated carbocycles. The van der Waals surface area contributed by atoms with Gasteiger partial charge in [-0.1, -0.05) is 6.07 Å². The van der Waals surface area contributed by atoms with E-state index in [9.17, 15) is 9.59 Å². The van der Waals surface area contributed by atoms with E-state index in [1.54, 1.807) is 13.2 Å². The predicted molar refractivity (Wildman–Crippen MR) is 101 cm³/mol. The molecule has 0 aromatic heterocycles. The molecule has 2 amide bonds. The zero-order valence-electron chi connectivity index (χ0n) is 15.2. The third-order valence-electron chi connectivity index (χ3n) is 4.60. The smallest absolute Gasteiger partial charge is 0.298 e. The Balaban J connectivity index is 1.74. The molecule has 0 aliphatic carbocycles. The molecule has 2 heterocycles. The highest BCUT2D eigenvalue weighted by Crippen LogP contribution is 2.34. The monoisotopic (exact) mass is 377 g/mol. The molecule has 2 aliphatic heterocycles. The van der Waals surface area contributed by atoms with Gasteiger partial charge in [0.05, 0.1) is 31.7 Å². The molecular weight excluding hydrogens is 352 g/mol. The number of amides is 2. The molecule has 1 N–H and O–H groups in total. The maximum absolute atomic E-state index is 12.7. The summed E-state index contributed by atoms with van der Waals surface area (Å²) < 4.78 is 10.9. The molecule has 0 spiro atoms. The molecule has 2 aliphatic rings. The SMILES string of the molecule is CCOc1ccc(/C=C2\SC(=O)N(C[NH+]3CCCCC3)C2=O)cc1OC. The van der Waals surface area contributed by atoms with Crippen LogP contribution in [-0.4, -0.2) is 49.5 Å². The molecule has 2 fully saturated rings. The van der Waals surface area contributed by atoms with Crippen LogP contribution in [0.4, 0.5) is 4.79 Å². The van der Waals surface area contributed by atoms with Gasteiger partial charge in [-0.3, -0.25) is 9.59 Å². The van der Waals surface area contributed by atoms with Crippen LogP contribution in [0.1, 0.15) is 31.7 Å². The second-order valence-electron chi connectivity index (χ2n) is 6.42. The average Bonchev–Trinajstić information content (AvgIpc) is 2.91. The molecule has 7 heteroatoms. The number of carbonyl (C=O) groups is 2. The number of imide groups is 1. The maximum Gasteiger partial charge on any atom is 0.298 e. The summed E-state index contributed by atoms with van der Waals surface area (Å²) in [6.45, 7) is 4.98. The van der Waals surface area contributed by atoms with Gasteiger partial charge in [-0.15, -0.1) is 0 Å². The van der Waals surface area contributed by atoms with Crippen molar-refractivity contribution in [3.63, 3.8) is 0 Å². The van der Waals surface area contributed by atoms with E-state index in [0.29, 0.717) is 29.7 Å². The van der Waals surface area contributed by atoms with E-state index >= 15 is 0 Å². The van der Waals surface area contributed by atoms with Gasteiger partial charge in [0, 0.05) is 0 Å². The number of thioether (sulfide) groups is 1. The highest BCUT2D eigenvalue weighted by Gasteiger charge is 2.37. The number of hydrogen-bond donors (Lipinski definition) is 1. The number of nitrogens with one attached hydrogen (secondary N) is 1. The van der Waals surface area contributed by atoms with Gasteiger partial charge in [0.2, 0.25) is 0 Å². The van der Waals surface area contributed by atoms with Gasteiger partial charge >= 0.3 is 0 Å². The van der Waals surface area contributed by atoms with Crippen LogP contribution in [0.25, 0.3) is 6.08 Å². The van der Waals surface area contributed by atoms with Crippen molar-refractivity contribution in [3.8, 4) is 11.5 Å². The fraction of sp³-hybridized carbons (Fsp3) is 0.474. The highest BCUT2D eigenvalue weighted by molar-refractivity contribution is 8.18. The van der Waals surface area contributed by atoms with E-state index in [2.05, 4.69) is 0 Å². The van der Waals surface area contributed by atoms with Gasteiger partial charge in [-0.25, -0.2) is 4.90 Å². The summed E-state index contributed by atoms with van der Waals surface area (Å²) in [6, 6.07) is 5.49. The van der Waals surface area contributed by atoms with Crippen LogP contribution in [-0.2, 0) is 4.79 Å². The van der Waals surface area contributed by atoms with E-state index in [-0.39, 0.29) is 11.1 Å². The van der Waals surface area contributed by atoms with Crippen molar-refractivity contribution in [2.75, 3.05) is 33.5 Å². The van der Waals surface area contributed by atoms with Crippen molar-refractivity contribution in [2.45, 2.75) is 26.2 Å². The fourth-order valence-electron chi connectivity index (χ4n) is 3.27. The van der Waals surface area contributed by atoms with Crippen molar-refractivity contribution in [1.29, 1.82) is 0 Å². The number of rotatable bonds is 6. The summed E-state index contributed by atoms with van der Waals surface area (Å²) in [7, 11) is 1.58. The Morgan fingerprint density at radius 2 is 1.96 bits per heavy atom. The van der Waals surface area contributed by atoms with Gasteiger partial charge in [0.15, 0.2) is 18.2 Å². The van der Waals surface area contributed by atoms with Crippen molar-refractivity contribution in [2.24, 2.45) is 0 Å². The van der Waals surface area contributed by atoms with E-state index in [4.69, 9.17) is 9.47 Å². The molecule has 1 aromatic rings. The number of hydrogen-bond acceptors (Lipinski definition) is 5. The second kappa shape index (κ2) is 8.60. The summed E-state index contributed by atoms with van der Waals surface area (Å²) in [6.07, 6.45) is 5.31. The van der Waals surface area contributed by atoms with E-state index in [0.717, 1.165) is 43.3 Å². The number of quaternary nitrogens is 1. The van der Waals surface area contributed by atoms with Crippen LogP contribution in [0.3, 0.4) is 0 Å². The van der Waals surface area contributed by atoms with Crippen LogP contribution < -0.4 is 14.4 Å². The maximum atomic E-state index is 12.7. The Labute approximate surface area is 158 Å². The lowest BCUT2D eigenvalue weighted by Gasteiger charge is -2.26. The molecule has 1 aromatic carbocycles. The first-order valence-corrected chi connectivity index (χ1v) is 9.83. The Morgan fingerprint density at radius 3 is 2.65 bits per heavy atom.